The number of fused-ring (bicyclic) bond motifs is 1. The van der Waals surface area contributed by atoms with Crippen molar-refractivity contribution in [2.24, 2.45) is 5.41 Å². The van der Waals surface area contributed by atoms with Crippen molar-refractivity contribution in [2.45, 2.75) is 53.4 Å². The van der Waals surface area contributed by atoms with E-state index >= 15 is 0 Å². The molecule has 0 aliphatic rings. The second-order valence-electron chi connectivity index (χ2n) is 10.5. The maximum atomic E-state index is 12.4. The third kappa shape index (κ3) is 4.74. The molecule has 166 valence electrons. The molecule has 0 atom stereocenters. The Labute approximate surface area is 188 Å². The number of H-pyrrole nitrogens is 1. The quantitative estimate of drug-likeness (QED) is 0.384. The highest BCUT2D eigenvalue weighted by molar-refractivity contribution is 5.92. The van der Waals surface area contributed by atoms with Crippen molar-refractivity contribution in [3.05, 3.63) is 54.2 Å². The van der Waals surface area contributed by atoms with E-state index in [1.54, 1.807) is 6.20 Å². The van der Waals surface area contributed by atoms with Gasteiger partial charge in [-0.2, -0.15) is 5.10 Å². The summed E-state index contributed by atoms with van der Waals surface area (Å²) in [4.78, 5) is 17.1. The fraction of sp³-hybridized carbons (Fsp3) is 0.346. The fourth-order valence-corrected chi connectivity index (χ4v) is 3.61. The second-order valence-corrected chi connectivity index (χ2v) is 10.5. The molecule has 6 heteroatoms. The molecule has 0 unspecified atom stereocenters. The van der Waals surface area contributed by atoms with E-state index in [4.69, 9.17) is 9.40 Å². The van der Waals surface area contributed by atoms with Crippen LogP contribution in [0.5, 0.6) is 0 Å². The molecule has 2 heterocycles. The van der Waals surface area contributed by atoms with Gasteiger partial charge < -0.3 is 9.73 Å². The third-order valence-electron chi connectivity index (χ3n) is 5.24. The standard InChI is InChI=1S/C26H30N4O2/c1-25(2,3)14-22(31)28-18-9-7-8-16(12-18)23-19(15-27-30-23)24-29-20-13-17(26(4,5)6)10-11-21(20)32-24/h7-13,15H,14H2,1-6H3,(H,27,30)(H,28,31). The van der Waals surface area contributed by atoms with Gasteiger partial charge >= 0.3 is 0 Å². The van der Waals surface area contributed by atoms with Crippen LogP contribution in [-0.2, 0) is 10.2 Å². The lowest BCUT2D eigenvalue weighted by Crippen LogP contribution is -2.19. The number of aromatic amines is 1. The third-order valence-corrected chi connectivity index (χ3v) is 5.24. The highest BCUT2D eigenvalue weighted by atomic mass is 16.3. The number of nitrogens with zero attached hydrogens (tertiary/aromatic N) is 2. The Balaban J connectivity index is 1.65. The highest BCUT2D eigenvalue weighted by Crippen LogP contribution is 2.34. The first kappa shape index (κ1) is 21.8. The first-order valence-corrected chi connectivity index (χ1v) is 10.9. The number of nitrogens with one attached hydrogen (secondary N) is 2. The molecule has 32 heavy (non-hydrogen) atoms. The fourth-order valence-electron chi connectivity index (χ4n) is 3.61. The Morgan fingerprint density at radius 1 is 1.06 bits per heavy atom. The van der Waals surface area contributed by atoms with E-state index in [0.717, 1.165) is 33.6 Å². The Morgan fingerprint density at radius 2 is 1.84 bits per heavy atom. The van der Waals surface area contributed by atoms with Crippen molar-refractivity contribution >= 4 is 22.7 Å². The summed E-state index contributed by atoms with van der Waals surface area (Å²) < 4.78 is 6.05. The Kier molecular flexibility index (Phi) is 5.41. The van der Waals surface area contributed by atoms with Gasteiger partial charge in [-0.1, -0.05) is 59.7 Å². The molecule has 2 N–H and O–H groups in total. The van der Waals surface area contributed by atoms with E-state index in [9.17, 15) is 4.79 Å². The topological polar surface area (TPSA) is 83.8 Å². The summed E-state index contributed by atoms with van der Waals surface area (Å²) in [6, 6.07) is 13.8. The average Bonchev–Trinajstić information content (AvgIpc) is 3.32. The average molecular weight is 431 g/mol. The van der Waals surface area contributed by atoms with E-state index in [-0.39, 0.29) is 16.7 Å². The van der Waals surface area contributed by atoms with Crippen LogP contribution < -0.4 is 5.32 Å². The molecule has 0 bridgehead atoms. The molecule has 0 saturated heterocycles. The number of hydrogen-bond donors (Lipinski definition) is 2. The summed E-state index contributed by atoms with van der Waals surface area (Å²) in [5.74, 6) is 0.502. The molecule has 0 spiro atoms. The van der Waals surface area contributed by atoms with Crippen LogP contribution in [0, 0.1) is 5.41 Å². The lowest BCUT2D eigenvalue weighted by molar-refractivity contribution is -0.117. The Morgan fingerprint density at radius 3 is 2.56 bits per heavy atom. The van der Waals surface area contributed by atoms with Gasteiger partial charge in [-0.3, -0.25) is 9.89 Å². The Hall–Kier alpha value is -3.41. The molecule has 0 aliphatic carbocycles. The van der Waals surface area contributed by atoms with Crippen molar-refractivity contribution in [2.75, 3.05) is 5.32 Å². The van der Waals surface area contributed by atoms with Crippen LogP contribution in [0.3, 0.4) is 0 Å². The monoisotopic (exact) mass is 430 g/mol. The van der Waals surface area contributed by atoms with E-state index in [1.807, 2.05) is 51.1 Å². The lowest BCUT2D eigenvalue weighted by Gasteiger charge is -2.18. The number of amides is 1. The molecule has 0 radical (unpaired) electrons. The van der Waals surface area contributed by atoms with Gasteiger partial charge in [0.15, 0.2) is 5.58 Å². The number of anilines is 1. The largest absolute Gasteiger partial charge is 0.436 e. The SMILES string of the molecule is CC(C)(C)CC(=O)Nc1cccc(-c2n[nH]cc2-c2nc3cc(C(C)(C)C)ccc3o2)c1. The van der Waals surface area contributed by atoms with Crippen LogP contribution in [-0.4, -0.2) is 21.1 Å². The van der Waals surface area contributed by atoms with Crippen LogP contribution in [0.4, 0.5) is 5.69 Å². The second kappa shape index (κ2) is 7.93. The van der Waals surface area contributed by atoms with Gasteiger partial charge in [-0.15, -0.1) is 0 Å². The van der Waals surface area contributed by atoms with Crippen molar-refractivity contribution < 1.29 is 9.21 Å². The number of carbonyl (C=O) groups excluding carboxylic acids is 1. The molecule has 0 fully saturated rings. The number of aromatic nitrogens is 3. The number of benzene rings is 2. The minimum absolute atomic E-state index is 0.00879. The molecule has 4 aromatic rings. The van der Waals surface area contributed by atoms with Crippen LogP contribution in [0.1, 0.15) is 53.5 Å². The molecule has 0 aliphatic heterocycles. The molecule has 0 saturated carbocycles. The molecular weight excluding hydrogens is 400 g/mol. The molecular formula is C26H30N4O2. The minimum atomic E-state index is -0.0725. The highest BCUT2D eigenvalue weighted by Gasteiger charge is 2.20. The Bertz CT molecular complexity index is 1270. The van der Waals surface area contributed by atoms with Crippen LogP contribution in [0.25, 0.3) is 33.8 Å². The summed E-state index contributed by atoms with van der Waals surface area (Å²) in [5, 5.41) is 10.3. The van der Waals surface area contributed by atoms with Gasteiger partial charge in [0.2, 0.25) is 11.8 Å². The predicted octanol–water partition coefficient (Wildman–Crippen LogP) is 6.56. The molecule has 2 aromatic carbocycles. The molecule has 4 rings (SSSR count). The van der Waals surface area contributed by atoms with Gasteiger partial charge in [-0.05, 0) is 40.7 Å². The first-order valence-electron chi connectivity index (χ1n) is 10.9. The van der Waals surface area contributed by atoms with Gasteiger partial charge in [0, 0.05) is 23.9 Å². The van der Waals surface area contributed by atoms with Crippen LogP contribution in [0.2, 0.25) is 0 Å². The molecule has 2 aromatic heterocycles. The van der Waals surface area contributed by atoms with Gasteiger partial charge in [0.1, 0.15) is 11.2 Å². The van der Waals surface area contributed by atoms with E-state index in [2.05, 4.69) is 48.4 Å². The van der Waals surface area contributed by atoms with Crippen LogP contribution in [0.15, 0.2) is 53.1 Å². The normalized spacial score (nSPS) is 12.3. The number of hydrogen-bond acceptors (Lipinski definition) is 4. The maximum Gasteiger partial charge on any atom is 0.231 e. The zero-order valence-corrected chi connectivity index (χ0v) is 19.5. The molecule has 1 amide bonds. The summed E-state index contributed by atoms with van der Waals surface area (Å²) in [7, 11) is 0. The number of carbonyl (C=O) groups is 1. The van der Waals surface area contributed by atoms with Gasteiger partial charge in [-0.25, -0.2) is 4.98 Å². The number of rotatable bonds is 4. The number of oxazole rings is 1. The summed E-state index contributed by atoms with van der Waals surface area (Å²) >= 11 is 0. The van der Waals surface area contributed by atoms with Crippen molar-refractivity contribution in [3.8, 4) is 22.7 Å². The van der Waals surface area contributed by atoms with E-state index in [0.29, 0.717) is 12.3 Å². The van der Waals surface area contributed by atoms with Crippen molar-refractivity contribution in [3.63, 3.8) is 0 Å². The summed E-state index contributed by atoms with van der Waals surface area (Å²) in [6.07, 6.45) is 2.24. The lowest BCUT2D eigenvalue weighted by atomic mass is 9.87. The van der Waals surface area contributed by atoms with E-state index in [1.165, 1.54) is 5.56 Å². The first-order chi connectivity index (χ1) is 15.0. The van der Waals surface area contributed by atoms with Gasteiger partial charge in [0.05, 0.1) is 5.56 Å². The maximum absolute atomic E-state index is 12.4. The van der Waals surface area contributed by atoms with Crippen LogP contribution >= 0.6 is 0 Å². The zero-order valence-electron chi connectivity index (χ0n) is 19.5. The predicted molar refractivity (Wildman–Crippen MR) is 128 cm³/mol. The van der Waals surface area contributed by atoms with Crippen molar-refractivity contribution in [1.29, 1.82) is 0 Å². The summed E-state index contributed by atoms with van der Waals surface area (Å²) in [5.41, 5.74) is 5.83. The minimum Gasteiger partial charge on any atom is -0.436 e. The zero-order chi connectivity index (χ0) is 23.1. The smallest absolute Gasteiger partial charge is 0.231 e. The van der Waals surface area contributed by atoms with Gasteiger partial charge in [0.25, 0.3) is 0 Å². The van der Waals surface area contributed by atoms with E-state index < -0.39 is 0 Å². The summed E-state index contributed by atoms with van der Waals surface area (Å²) in [6.45, 7) is 12.7. The van der Waals surface area contributed by atoms with Crippen molar-refractivity contribution in [1.82, 2.24) is 15.2 Å². The molecule has 6 nitrogen and oxygen atoms in total.